The number of carbonyl (C=O) groups excluding carboxylic acids is 4. The molecule has 0 spiro atoms. The number of phenols is 1. The van der Waals surface area contributed by atoms with Crippen molar-refractivity contribution in [2.75, 3.05) is 5.32 Å². The topological polar surface area (TPSA) is 218 Å². The van der Waals surface area contributed by atoms with Crippen LogP contribution in [-0.4, -0.2) is 64.4 Å². The van der Waals surface area contributed by atoms with Gasteiger partial charge < -0.3 is 31.5 Å². The van der Waals surface area contributed by atoms with Gasteiger partial charge in [0.25, 0.3) is 5.91 Å². The van der Waals surface area contributed by atoms with Crippen molar-refractivity contribution in [1.82, 2.24) is 15.0 Å². The highest BCUT2D eigenvalue weighted by atomic mass is 19.1. The Morgan fingerprint density at radius 3 is 2.62 bits per heavy atom. The minimum atomic E-state index is -2.73. The van der Waals surface area contributed by atoms with E-state index in [0.29, 0.717) is 0 Å². The van der Waals surface area contributed by atoms with E-state index in [2.05, 4.69) is 15.6 Å². The van der Waals surface area contributed by atoms with E-state index in [9.17, 15) is 39.6 Å². The molecular weight excluding hydrogens is 493 g/mol. The summed E-state index contributed by atoms with van der Waals surface area (Å²) in [5.74, 6) is -9.84. The summed E-state index contributed by atoms with van der Waals surface area (Å²) in [6.07, 6.45) is 2.03. The number of hydrogen-bond acceptors (Lipinski definition) is 10. The first-order valence-electron chi connectivity index (χ1n) is 11.1. The normalized spacial score (nSPS) is 24.9. The third-order valence-electron chi connectivity index (χ3n) is 7.06. The summed E-state index contributed by atoms with van der Waals surface area (Å²) in [6, 6.07) is 0.853. The molecular formula is C23H20FN5O8. The van der Waals surface area contributed by atoms with Crippen molar-refractivity contribution in [2.45, 2.75) is 31.4 Å². The van der Waals surface area contributed by atoms with Gasteiger partial charge in [-0.2, -0.15) is 0 Å². The van der Waals surface area contributed by atoms with Crippen LogP contribution >= 0.6 is 0 Å². The Morgan fingerprint density at radius 1 is 1.24 bits per heavy atom. The van der Waals surface area contributed by atoms with Crippen LogP contribution in [0.15, 0.2) is 41.1 Å². The number of benzene rings is 1. The lowest BCUT2D eigenvalue weighted by molar-refractivity contribution is -0.144. The van der Waals surface area contributed by atoms with E-state index in [0.717, 1.165) is 6.07 Å². The molecule has 1 heterocycles. The fourth-order valence-corrected chi connectivity index (χ4v) is 5.39. The van der Waals surface area contributed by atoms with Crippen LogP contribution in [0.2, 0.25) is 0 Å². The molecule has 1 unspecified atom stereocenters. The number of aromatic hydroxyl groups is 1. The van der Waals surface area contributed by atoms with Gasteiger partial charge in [0.1, 0.15) is 29.5 Å². The number of hydrogen-bond donors (Lipinski definition) is 6. The molecule has 0 aliphatic heterocycles. The second-order valence-corrected chi connectivity index (χ2v) is 9.17. The third-order valence-corrected chi connectivity index (χ3v) is 7.06. The number of anilines is 1. The number of nitrogens with two attached hydrogens (primary N) is 1. The Kier molecular flexibility index (Phi) is 5.36. The first kappa shape index (κ1) is 24.1. The number of nitrogens with zero attached hydrogens (tertiary/aromatic N) is 3. The molecule has 0 saturated heterocycles. The van der Waals surface area contributed by atoms with Crippen LogP contribution in [0.25, 0.3) is 0 Å². The van der Waals surface area contributed by atoms with E-state index in [1.54, 1.807) is 0 Å². The number of aromatic nitrogens is 3. The van der Waals surface area contributed by atoms with Crippen LogP contribution < -0.4 is 11.1 Å². The molecule has 0 bridgehead atoms. The van der Waals surface area contributed by atoms with Crippen LogP contribution in [0.3, 0.4) is 0 Å². The molecule has 13 nitrogen and oxygen atoms in total. The fourth-order valence-electron chi connectivity index (χ4n) is 5.39. The molecule has 0 radical (unpaired) electrons. The van der Waals surface area contributed by atoms with Gasteiger partial charge in [0, 0.05) is 35.7 Å². The molecule has 2 aromatic rings. The van der Waals surface area contributed by atoms with Gasteiger partial charge >= 0.3 is 0 Å². The Hall–Kier alpha value is -4.59. The number of aliphatic hydroxyl groups excluding tert-OH is 2. The van der Waals surface area contributed by atoms with Crippen LogP contribution in [0, 0.1) is 17.7 Å². The second kappa shape index (κ2) is 8.23. The van der Waals surface area contributed by atoms with Crippen molar-refractivity contribution >= 4 is 29.1 Å². The minimum Gasteiger partial charge on any atom is -0.511 e. The summed E-state index contributed by atoms with van der Waals surface area (Å²) in [4.78, 5) is 50.5. The average molecular weight is 513 g/mol. The summed E-state index contributed by atoms with van der Waals surface area (Å²) >= 11 is 0. The summed E-state index contributed by atoms with van der Waals surface area (Å²) in [5, 5.41) is 52.7. The van der Waals surface area contributed by atoms with Crippen molar-refractivity contribution in [3.05, 3.63) is 58.1 Å². The van der Waals surface area contributed by atoms with Crippen molar-refractivity contribution < 1.29 is 44.0 Å². The maximum Gasteiger partial charge on any atom is 0.255 e. The average Bonchev–Trinajstić information content (AvgIpc) is 3.32. The lowest BCUT2D eigenvalue weighted by Gasteiger charge is -2.45. The lowest BCUT2D eigenvalue weighted by Crippen LogP contribution is -2.57. The molecule has 1 aromatic heterocycles. The first-order chi connectivity index (χ1) is 17.4. The standard InChI is InChI=1S/C23H20FN5O8/c24-11-6-12(27-14(31)7-29-2-1-26-28-29)18(32)16-10(11)4-8-3-9-5-13(30)17(22(25)36)21(35)23(9,37)20(34)15(8)19(16)33/h1-2,6,8-9,30,32,34,37H,3-5,7H2,(H2,25,36)(H,27,31)/t8?,9-,23-/m0/s1. The fraction of sp³-hybridized carbons (Fsp3) is 0.304. The van der Waals surface area contributed by atoms with Gasteiger partial charge in [-0.3, -0.25) is 19.2 Å². The lowest BCUT2D eigenvalue weighted by atomic mass is 9.60. The maximum atomic E-state index is 15.1. The number of aliphatic hydroxyl groups is 3. The van der Waals surface area contributed by atoms with E-state index in [1.807, 2.05) is 0 Å². The van der Waals surface area contributed by atoms with Crippen LogP contribution in [0.1, 0.15) is 28.8 Å². The SMILES string of the molecule is NC(=O)C1=C(O)C[C@@H]2CC3Cc4c(F)cc(NC(=O)Cn5ccnn5)c(O)c4C(=O)C3=C(O)[C@]2(O)C1=O. The number of carbonyl (C=O) groups is 4. The second-order valence-electron chi connectivity index (χ2n) is 9.17. The number of rotatable bonds is 4. The molecule has 3 aliphatic rings. The van der Waals surface area contributed by atoms with Gasteiger partial charge in [0.15, 0.2) is 17.1 Å². The summed E-state index contributed by atoms with van der Waals surface area (Å²) in [7, 11) is 0. The smallest absolute Gasteiger partial charge is 0.255 e. The highest BCUT2D eigenvalue weighted by Gasteiger charge is 2.59. The number of halogens is 1. The van der Waals surface area contributed by atoms with Crippen molar-refractivity contribution in [3.63, 3.8) is 0 Å². The maximum absolute atomic E-state index is 15.1. The number of nitrogens with one attached hydrogen (secondary N) is 1. The predicted octanol–water partition coefficient (Wildman–Crippen LogP) is -0.0502. The van der Waals surface area contributed by atoms with E-state index in [1.165, 1.54) is 17.1 Å². The number of amides is 2. The third kappa shape index (κ3) is 3.48. The first-order valence-corrected chi connectivity index (χ1v) is 11.1. The van der Waals surface area contributed by atoms with Gasteiger partial charge in [-0.05, 0) is 18.8 Å². The van der Waals surface area contributed by atoms with E-state index < -0.39 is 86.3 Å². The molecule has 3 aliphatic carbocycles. The zero-order valence-corrected chi connectivity index (χ0v) is 18.9. The van der Waals surface area contributed by atoms with Crippen LogP contribution in [0.4, 0.5) is 10.1 Å². The highest BCUT2D eigenvalue weighted by Crippen LogP contribution is 2.52. The molecule has 7 N–H and O–H groups in total. The number of allylic oxidation sites excluding steroid dienone is 2. The Morgan fingerprint density at radius 2 is 1.97 bits per heavy atom. The summed E-state index contributed by atoms with van der Waals surface area (Å²) < 4.78 is 16.3. The molecule has 14 heteroatoms. The Balaban J connectivity index is 1.56. The van der Waals surface area contributed by atoms with Crippen LogP contribution in [0.5, 0.6) is 5.75 Å². The molecule has 0 saturated carbocycles. The molecule has 3 atom stereocenters. The molecule has 192 valence electrons. The van der Waals surface area contributed by atoms with E-state index >= 15 is 4.39 Å². The van der Waals surface area contributed by atoms with E-state index in [4.69, 9.17) is 5.73 Å². The number of ketones is 2. The molecule has 2 amide bonds. The molecule has 0 fully saturated rings. The molecule has 37 heavy (non-hydrogen) atoms. The molecule has 1 aromatic carbocycles. The number of phenolic OH excluding ortho intramolecular Hbond substituents is 1. The quantitative estimate of drug-likeness (QED) is 0.236. The number of fused-ring (bicyclic) bond motifs is 3. The summed E-state index contributed by atoms with van der Waals surface area (Å²) in [6.45, 7) is -0.320. The highest BCUT2D eigenvalue weighted by molar-refractivity contribution is 6.24. The Labute approximate surface area is 206 Å². The van der Waals surface area contributed by atoms with Crippen molar-refractivity contribution in [2.24, 2.45) is 17.6 Å². The van der Waals surface area contributed by atoms with Gasteiger partial charge in [-0.25, -0.2) is 9.07 Å². The largest absolute Gasteiger partial charge is 0.511 e. The van der Waals surface area contributed by atoms with Gasteiger partial charge in [0.05, 0.1) is 17.4 Å². The monoisotopic (exact) mass is 513 g/mol. The van der Waals surface area contributed by atoms with Crippen molar-refractivity contribution in [1.29, 1.82) is 0 Å². The van der Waals surface area contributed by atoms with E-state index in [-0.39, 0.29) is 31.4 Å². The zero-order chi connectivity index (χ0) is 26.8. The number of primary amides is 1. The van der Waals surface area contributed by atoms with Crippen LogP contribution in [-0.2, 0) is 27.3 Å². The van der Waals surface area contributed by atoms with Crippen molar-refractivity contribution in [3.8, 4) is 5.75 Å². The zero-order valence-electron chi connectivity index (χ0n) is 18.9. The van der Waals surface area contributed by atoms with Gasteiger partial charge in [-0.15, -0.1) is 5.10 Å². The minimum absolute atomic E-state index is 0.125. The van der Waals surface area contributed by atoms with Gasteiger partial charge in [-0.1, -0.05) is 5.21 Å². The number of Topliss-reactive ketones (excluding diaryl/α,β-unsaturated/α-hetero) is 2. The van der Waals surface area contributed by atoms with Gasteiger partial charge in [0.2, 0.25) is 11.7 Å². The summed E-state index contributed by atoms with van der Waals surface area (Å²) in [5.41, 5.74) is -0.0413. The Bertz CT molecular complexity index is 1460. The predicted molar refractivity (Wildman–Crippen MR) is 119 cm³/mol. The molecule has 5 rings (SSSR count).